The minimum Gasteiger partial charge on any atom is -0.465 e. The molecule has 1 aromatic carbocycles. The van der Waals surface area contributed by atoms with Crippen LogP contribution in [0.1, 0.15) is 18.3 Å². The molecule has 0 radical (unpaired) electrons. The summed E-state index contributed by atoms with van der Waals surface area (Å²) in [4.78, 5) is 26.2. The van der Waals surface area contributed by atoms with Crippen molar-refractivity contribution in [2.45, 2.75) is 25.4 Å². The van der Waals surface area contributed by atoms with Gasteiger partial charge in [0.05, 0.1) is 18.9 Å². The van der Waals surface area contributed by atoms with Crippen LogP contribution in [0.2, 0.25) is 0 Å². The summed E-state index contributed by atoms with van der Waals surface area (Å²) >= 11 is 1.07. The van der Waals surface area contributed by atoms with Crippen molar-refractivity contribution in [3.8, 4) is 0 Å². The number of imidazole rings is 1. The number of carbonyl (C=O) groups is 1. The first-order chi connectivity index (χ1) is 11.0. The van der Waals surface area contributed by atoms with Gasteiger partial charge in [-0.15, -0.1) is 0 Å². The van der Waals surface area contributed by atoms with E-state index in [9.17, 15) is 14.9 Å². The van der Waals surface area contributed by atoms with Gasteiger partial charge in [-0.1, -0.05) is 42.1 Å². The number of ether oxygens (including phenoxy) is 1. The molecule has 0 amide bonds. The molecule has 0 N–H and O–H groups in total. The summed E-state index contributed by atoms with van der Waals surface area (Å²) in [6.07, 6.45) is 0. The Bertz CT molecular complexity index is 700. The molecule has 23 heavy (non-hydrogen) atoms. The van der Waals surface area contributed by atoms with Gasteiger partial charge in [0, 0.05) is 6.92 Å². The quantitative estimate of drug-likeness (QED) is 0.335. The first-order valence-corrected chi connectivity index (χ1v) is 8.05. The fourth-order valence-electron chi connectivity index (χ4n) is 2.07. The van der Waals surface area contributed by atoms with Crippen LogP contribution in [0.25, 0.3) is 0 Å². The second-order valence-electron chi connectivity index (χ2n) is 4.71. The van der Waals surface area contributed by atoms with E-state index < -0.39 is 10.9 Å². The van der Waals surface area contributed by atoms with Gasteiger partial charge in [-0.2, -0.15) is 0 Å². The molecule has 0 fully saturated rings. The third kappa shape index (κ3) is 4.32. The number of hydrogen-bond acceptors (Lipinski definition) is 6. The van der Waals surface area contributed by atoms with E-state index in [2.05, 4.69) is 4.98 Å². The molecule has 0 saturated carbocycles. The van der Waals surface area contributed by atoms with Crippen LogP contribution in [0.5, 0.6) is 0 Å². The highest BCUT2D eigenvalue weighted by molar-refractivity contribution is 8.00. The van der Waals surface area contributed by atoms with E-state index in [0.717, 1.165) is 17.3 Å². The molecule has 7 nitrogen and oxygen atoms in total. The lowest BCUT2D eigenvalue weighted by Gasteiger charge is -2.08. The van der Waals surface area contributed by atoms with Crippen molar-refractivity contribution in [1.29, 1.82) is 0 Å². The van der Waals surface area contributed by atoms with Crippen molar-refractivity contribution in [3.05, 3.63) is 51.8 Å². The van der Waals surface area contributed by atoms with Crippen molar-refractivity contribution in [3.63, 3.8) is 0 Å². The van der Waals surface area contributed by atoms with Gasteiger partial charge >= 0.3 is 11.8 Å². The molecule has 2 aromatic rings. The van der Waals surface area contributed by atoms with Crippen LogP contribution in [0.4, 0.5) is 5.82 Å². The standard InChI is InChI=1S/C15H17N3O4S/c1-3-22-13(19)10-23-15-14(18(20)21)16-11(2)17(15)9-12-7-5-4-6-8-12/h4-8H,3,9-10H2,1-2H3. The van der Waals surface area contributed by atoms with Gasteiger partial charge < -0.3 is 14.9 Å². The molecule has 1 aromatic heterocycles. The largest absolute Gasteiger partial charge is 0.465 e. The first-order valence-electron chi connectivity index (χ1n) is 7.06. The average molecular weight is 335 g/mol. The fraction of sp³-hybridized carbons (Fsp3) is 0.333. The van der Waals surface area contributed by atoms with Gasteiger partial charge in [-0.05, 0) is 22.4 Å². The highest BCUT2D eigenvalue weighted by atomic mass is 32.2. The lowest BCUT2D eigenvalue weighted by molar-refractivity contribution is -0.392. The van der Waals surface area contributed by atoms with Gasteiger partial charge in [-0.3, -0.25) is 9.36 Å². The molecule has 0 spiro atoms. The molecule has 2 rings (SSSR count). The van der Waals surface area contributed by atoms with Crippen molar-refractivity contribution in [2.24, 2.45) is 0 Å². The summed E-state index contributed by atoms with van der Waals surface area (Å²) in [5.41, 5.74) is 1.00. The topological polar surface area (TPSA) is 87.3 Å². The number of aromatic nitrogens is 2. The number of carbonyl (C=O) groups excluding carboxylic acids is 1. The Morgan fingerprint density at radius 1 is 1.39 bits per heavy atom. The smallest absolute Gasteiger partial charge is 0.396 e. The van der Waals surface area contributed by atoms with Gasteiger partial charge in [-0.25, -0.2) is 0 Å². The van der Waals surface area contributed by atoms with Crippen molar-refractivity contribution < 1.29 is 14.5 Å². The Morgan fingerprint density at radius 2 is 2.09 bits per heavy atom. The monoisotopic (exact) mass is 335 g/mol. The van der Waals surface area contributed by atoms with E-state index in [0.29, 0.717) is 17.4 Å². The van der Waals surface area contributed by atoms with E-state index in [4.69, 9.17) is 4.74 Å². The highest BCUT2D eigenvalue weighted by Crippen LogP contribution is 2.30. The third-order valence-corrected chi connectivity index (χ3v) is 4.14. The van der Waals surface area contributed by atoms with E-state index in [1.807, 2.05) is 30.3 Å². The molecule has 0 unspecified atom stereocenters. The fourth-order valence-corrected chi connectivity index (χ4v) is 3.01. The lowest BCUT2D eigenvalue weighted by Crippen LogP contribution is -2.09. The summed E-state index contributed by atoms with van der Waals surface area (Å²) < 4.78 is 6.62. The molecule has 0 atom stereocenters. The lowest BCUT2D eigenvalue weighted by atomic mass is 10.2. The maximum absolute atomic E-state index is 11.5. The van der Waals surface area contributed by atoms with Crippen LogP contribution < -0.4 is 0 Å². The second kappa shape index (κ2) is 7.77. The number of aryl methyl sites for hydroxylation is 1. The van der Waals surface area contributed by atoms with Gasteiger partial charge in [0.1, 0.15) is 0 Å². The van der Waals surface area contributed by atoms with Gasteiger partial charge in [0.2, 0.25) is 5.82 Å². The van der Waals surface area contributed by atoms with E-state index in [-0.39, 0.29) is 18.2 Å². The normalized spacial score (nSPS) is 10.5. The highest BCUT2D eigenvalue weighted by Gasteiger charge is 2.26. The SMILES string of the molecule is CCOC(=O)CSc1c([N+](=O)[O-])nc(C)n1Cc1ccccc1. The number of thioether (sulfide) groups is 1. The molecular weight excluding hydrogens is 318 g/mol. The van der Waals surface area contributed by atoms with Crippen LogP contribution in [0, 0.1) is 17.0 Å². The summed E-state index contributed by atoms with van der Waals surface area (Å²) in [5.74, 6) is -0.0919. The minimum absolute atomic E-state index is 0.00853. The molecule has 0 aliphatic carbocycles. The minimum atomic E-state index is -0.526. The molecule has 122 valence electrons. The molecule has 8 heteroatoms. The zero-order chi connectivity index (χ0) is 16.8. The summed E-state index contributed by atoms with van der Waals surface area (Å²) in [7, 11) is 0. The zero-order valence-corrected chi connectivity index (χ0v) is 13.7. The third-order valence-electron chi connectivity index (χ3n) is 3.08. The number of nitrogens with zero attached hydrogens (tertiary/aromatic N) is 3. The zero-order valence-electron chi connectivity index (χ0n) is 12.9. The molecule has 0 bridgehead atoms. The second-order valence-corrected chi connectivity index (χ2v) is 5.67. The summed E-state index contributed by atoms with van der Waals surface area (Å²) in [6.45, 7) is 4.17. The predicted molar refractivity (Wildman–Crippen MR) is 86.5 cm³/mol. The van der Waals surface area contributed by atoms with Gasteiger partial charge in [0.15, 0.2) is 5.03 Å². The Kier molecular flexibility index (Phi) is 5.75. The summed E-state index contributed by atoms with van der Waals surface area (Å²) in [5, 5.41) is 11.6. The average Bonchev–Trinajstić information content (AvgIpc) is 2.83. The van der Waals surface area contributed by atoms with E-state index in [1.165, 1.54) is 0 Å². The van der Waals surface area contributed by atoms with Crippen LogP contribution >= 0.6 is 11.8 Å². The van der Waals surface area contributed by atoms with Crippen LogP contribution in [-0.2, 0) is 16.1 Å². The number of nitro groups is 1. The van der Waals surface area contributed by atoms with Crippen LogP contribution in [0.3, 0.4) is 0 Å². The number of benzene rings is 1. The van der Waals surface area contributed by atoms with E-state index in [1.54, 1.807) is 18.4 Å². The predicted octanol–water partition coefficient (Wildman–Crippen LogP) is 2.80. The molecule has 1 heterocycles. The molecule has 0 saturated heterocycles. The van der Waals surface area contributed by atoms with Crippen molar-refractivity contribution in [2.75, 3.05) is 12.4 Å². The Labute approximate surface area is 137 Å². The van der Waals surface area contributed by atoms with E-state index >= 15 is 0 Å². The van der Waals surface area contributed by atoms with Crippen LogP contribution in [0.15, 0.2) is 35.4 Å². The maximum atomic E-state index is 11.5. The first kappa shape index (κ1) is 17.0. The molecule has 0 aliphatic heterocycles. The number of hydrogen-bond donors (Lipinski definition) is 0. The van der Waals surface area contributed by atoms with Crippen molar-refractivity contribution in [1.82, 2.24) is 9.55 Å². The Morgan fingerprint density at radius 3 is 2.70 bits per heavy atom. The number of rotatable bonds is 7. The van der Waals surface area contributed by atoms with Crippen molar-refractivity contribution >= 4 is 23.5 Å². The Balaban J connectivity index is 2.29. The maximum Gasteiger partial charge on any atom is 0.396 e. The summed E-state index contributed by atoms with van der Waals surface area (Å²) in [6, 6.07) is 9.59. The number of esters is 1. The molecular formula is C15H17N3O4S. The Hall–Kier alpha value is -2.35. The molecule has 0 aliphatic rings. The van der Waals surface area contributed by atoms with Gasteiger partial charge in [0.25, 0.3) is 0 Å². The van der Waals surface area contributed by atoms with Crippen LogP contribution in [-0.4, -0.2) is 32.8 Å².